The van der Waals surface area contributed by atoms with Crippen molar-refractivity contribution in [2.75, 3.05) is 11.9 Å². The van der Waals surface area contributed by atoms with E-state index in [0.29, 0.717) is 18.7 Å². The fourth-order valence-corrected chi connectivity index (χ4v) is 3.13. The molecule has 5 heteroatoms. The van der Waals surface area contributed by atoms with Crippen molar-refractivity contribution in [2.45, 2.75) is 13.5 Å². The van der Waals surface area contributed by atoms with Crippen LogP contribution in [0.5, 0.6) is 0 Å². The maximum atomic E-state index is 11.8. The molecule has 0 saturated heterocycles. The number of nitrogens with one attached hydrogen (secondary N) is 1. The molecule has 0 aliphatic heterocycles. The number of benzene rings is 3. The molecule has 0 saturated carbocycles. The van der Waals surface area contributed by atoms with Gasteiger partial charge in [-0.25, -0.2) is 9.78 Å². The second-order valence-electron chi connectivity index (χ2n) is 6.42. The predicted molar refractivity (Wildman–Crippen MR) is 111 cm³/mol. The van der Waals surface area contributed by atoms with Gasteiger partial charge in [-0.1, -0.05) is 42.5 Å². The summed E-state index contributed by atoms with van der Waals surface area (Å²) in [7, 11) is 0. The molecule has 0 fully saturated rings. The second-order valence-corrected chi connectivity index (χ2v) is 6.42. The van der Waals surface area contributed by atoms with Gasteiger partial charge in [0.1, 0.15) is 0 Å². The molecule has 0 bridgehead atoms. The summed E-state index contributed by atoms with van der Waals surface area (Å²) in [5.74, 6) is 0.444. The van der Waals surface area contributed by atoms with Crippen molar-refractivity contribution < 1.29 is 9.53 Å². The average Bonchev–Trinajstić information content (AvgIpc) is 3.06. The van der Waals surface area contributed by atoms with E-state index in [-0.39, 0.29) is 5.97 Å². The second kappa shape index (κ2) is 7.96. The zero-order chi connectivity index (χ0) is 19.3. The van der Waals surface area contributed by atoms with Gasteiger partial charge in [-0.3, -0.25) is 0 Å². The largest absolute Gasteiger partial charge is 0.462 e. The van der Waals surface area contributed by atoms with Crippen LogP contribution >= 0.6 is 0 Å². The van der Waals surface area contributed by atoms with Crippen molar-refractivity contribution >= 4 is 28.6 Å². The topological polar surface area (TPSA) is 56.1 Å². The van der Waals surface area contributed by atoms with Crippen LogP contribution in [0.3, 0.4) is 0 Å². The van der Waals surface area contributed by atoms with E-state index in [2.05, 4.69) is 28.1 Å². The molecule has 0 aliphatic rings. The first-order valence-corrected chi connectivity index (χ1v) is 9.28. The van der Waals surface area contributed by atoms with Crippen LogP contribution in [0.2, 0.25) is 0 Å². The summed E-state index contributed by atoms with van der Waals surface area (Å²) in [6, 6.07) is 25.6. The Morgan fingerprint density at radius 3 is 2.43 bits per heavy atom. The molecule has 140 valence electrons. The van der Waals surface area contributed by atoms with Gasteiger partial charge in [-0.2, -0.15) is 0 Å². The van der Waals surface area contributed by atoms with Crippen LogP contribution in [-0.4, -0.2) is 22.1 Å². The summed E-state index contributed by atoms with van der Waals surface area (Å²) in [4.78, 5) is 16.6. The third kappa shape index (κ3) is 3.74. The highest BCUT2D eigenvalue weighted by atomic mass is 16.5. The van der Waals surface area contributed by atoms with Gasteiger partial charge in [0.05, 0.1) is 29.7 Å². The molecule has 1 N–H and O–H groups in total. The van der Waals surface area contributed by atoms with Gasteiger partial charge in [0.2, 0.25) is 5.95 Å². The molecule has 4 aromatic rings. The Morgan fingerprint density at radius 2 is 1.68 bits per heavy atom. The quantitative estimate of drug-likeness (QED) is 0.484. The molecule has 1 aromatic heterocycles. The first-order chi connectivity index (χ1) is 13.7. The van der Waals surface area contributed by atoms with Gasteiger partial charge in [-0.05, 0) is 48.9 Å². The lowest BCUT2D eigenvalue weighted by Crippen LogP contribution is -2.06. The molecule has 0 amide bonds. The standard InChI is InChI=1S/C23H21N3O2/c1-2-28-22(27)18-12-14-19(15-13-18)24-23-25-20-10-6-7-11-21(20)26(23)16-17-8-4-3-5-9-17/h3-15H,2,16H2,1H3,(H,24,25). The van der Waals surface area contributed by atoms with Crippen LogP contribution < -0.4 is 5.32 Å². The summed E-state index contributed by atoms with van der Waals surface area (Å²) < 4.78 is 7.19. The number of fused-ring (bicyclic) bond motifs is 1. The summed E-state index contributed by atoms with van der Waals surface area (Å²) in [6.07, 6.45) is 0. The number of esters is 1. The van der Waals surface area contributed by atoms with Crippen LogP contribution in [-0.2, 0) is 11.3 Å². The van der Waals surface area contributed by atoms with Crippen LogP contribution in [0.1, 0.15) is 22.8 Å². The predicted octanol–water partition coefficient (Wildman–Crippen LogP) is 5.00. The molecule has 4 rings (SSSR count). The number of imidazole rings is 1. The molecular formula is C23H21N3O2. The fraction of sp³-hybridized carbons (Fsp3) is 0.130. The molecule has 0 aliphatic carbocycles. The number of hydrogen-bond acceptors (Lipinski definition) is 4. The Labute approximate surface area is 163 Å². The fourth-order valence-electron chi connectivity index (χ4n) is 3.13. The lowest BCUT2D eigenvalue weighted by molar-refractivity contribution is 0.0526. The molecule has 3 aromatic carbocycles. The number of ether oxygens (including phenoxy) is 1. The van der Waals surface area contributed by atoms with E-state index < -0.39 is 0 Å². The van der Waals surface area contributed by atoms with Crippen molar-refractivity contribution in [3.63, 3.8) is 0 Å². The lowest BCUT2D eigenvalue weighted by Gasteiger charge is -2.11. The first-order valence-electron chi connectivity index (χ1n) is 9.28. The van der Waals surface area contributed by atoms with Crippen molar-refractivity contribution in [3.8, 4) is 0 Å². The normalized spacial score (nSPS) is 10.8. The first kappa shape index (κ1) is 17.8. The summed E-state index contributed by atoms with van der Waals surface area (Å²) in [5, 5.41) is 3.38. The van der Waals surface area contributed by atoms with E-state index in [1.807, 2.05) is 48.5 Å². The minimum Gasteiger partial charge on any atom is -0.462 e. The van der Waals surface area contributed by atoms with Crippen LogP contribution in [0, 0.1) is 0 Å². The van der Waals surface area contributed by atoms with Crippen molar-refractivity contribution in [1.29, 1.82) is 0 Å². The summed E-state index contributed by atoms with van der Waals surface area (Å²) >= 11 is 0. The zero-order valence-electron chi connectivity index (χ0n) is 15.6. The van der Waals surface area contributed by atoms with E-state index >= 15 is 0 Å². The molecule has 0 radical (unpaired) electrons. The van der Waals surface area contributed by atoms with Gasteiger partial charge in [-0.15, -0.1) is 0 Å². The Hall–Kier alpha value is -3.60. The van der Waals surface area contributed by atoms with Crippen molar-refractivity contribution in [3.05, 3.63) is 90.0 Å². The number of carbonyl (C=O) groups is 1. The number of carbonyl (C=O) groups excluding carboxylic acids is 1. The molecule has 0 unspecified atom stereocenters. The molecule has 0 spiro atoms. The zero-order valence-corrected chi connectivity index (χ0v) is 15.6. The number of anilines is 2. The van der Waals surface area contributed by atoms with E-state index in [4.69, 9.17) is 9.72 Å². The molecule has 5 nitrogen and oxygen atoms in total. The van der Waals surface area contributed by atoms with Gasteiger partial charge in [0.25, 0.3) is 0 Å². The highest BCUT2D eigenvalue weighted by molar-refractivity contribution is 5.90. The van der Waals surface area contributed by atoms with Crippen LogP contribution in [0.4, 0.5) is 11.6 Å². The molecule has 0 atom stereocenters. The molecule has 1 heterocycles. The summed E-state index contributed by atoms with van der Waals surface area (Å²) in [5.41, 5.74) is 4.59. The van der Waals surface area contributed by atoms with E-state index in [1.54, 1.807) is 19.1 Å². The van der Waals surface area contributed by atoms with Crippen LogP contribution in [0.15, 0.2) is 78.9 Å². The van der Waals surface area contributed by atoms with E-state index in [1.165, 1.54) is 5.56 Å². The monoisotopic (exact) mass is 371 g/mol. The molecule has 28 heavy (non-hydrogen) atoms. The maximum absolute atomic E-state index is 11.8. The summed E-state index contributed by atoms with van der Waals surface area (Å²) in [6.45, 7) is 2.87. The SMILES string of the molecule is CCOC(=O)c1ccc(Nc2nc3ccccc3n2Cc2ccccc2)cc1. The Kier molecular flexibility index (Phi) is 5.06. The number of para-hydroxylation sites is 2. The Bertz CT molecular complexity index is 1090. The third-order valence-electron chi connectivity index (χ3n) is 4.49. The number of nitrogens with zero attached hydrogens (tertiary/aromatic N) is 2. The van der Waals surface area contributed by atoms with Gasteiger partial charge < -0.3 is 14.6 Å². The van der Waals surface area contributed by atoms with Gasteiger partial charge in [0, 0.05) is 5.69 Å². The van der Waals surface area contributed by atoms with Crippen LogP contribution in [0.25, 0.3) is 11.0 Å². The maximum Gasteiger partial charge on any atom is 0.338 e. The van der Waals surface area contributed by atoms with Gasteiger partial charge >= 0.3 is 5.97 Å². The highest BCUT2D eigenvalue weighted by Crippen LogP contribution is 2.24. The number of aromatic nitrogens is 2. The minimum absolute atomic E-state index is 0.314. The Balaban J connectivity index is 1.65. The van der Waals surface area contributed by atoms with E-state index in [9.17, 15) is 4.79 Å². The average molecular weight is 371 g/mol. The number of hydrogen-bond donors (Lipinski definition) is 1. The third-order valence-corrected chi connectivity index (χ3v) is 4.49. The Morgan fingerprint density at radius 1 is 0.964 bits per heavy atom. The van der Waals surface area contributed by atoms with Crippen molar-refractivity contribution in [2.24, 2.45) is 0 Å². The number of rotatable bonds is 6. The van der Waals surface area contributed by atoms with Gasteiger partial charge in [0.15, 0.2) is 0 Å². The van der Waals surface area contributed by atoms with E-state index in [0.717, 1.165) is 22.7 Å². The van der Waals surface area contributed by atoms with Crippen molar-refractivity contribution in [1.82, 2.24) is 9.55 Å². The smallest absolute Gasteiger partial charge is 0.338 e. The highest BCUT2D eigenvalue weighted by Gasteiger charge is 2.12. The minimum atomic E-state index is -0.314. The molecular weight excluding hydrogens is 350 g/mol. The lowest BCUT2D eigenvalue weighted by atomic mass is 10.2.